The largest absolute Gasteiger partial charge is 0.309 e. The minimum atomic E-state index is 0.341. The average molecular weight is 210 g/mol. The number of nitrogens with zero attached hydrogens (tertiary/aromatic N) is 1. The zero-order valence-corrected chi connectivity index (χ0v) is 9.99. The lowest BCUT2D eigenvalue weighted by molar-refractivity contribution is -0.148. The summed E-state index contributed by atoms with van der Waals surface area (Å²) >= 11 is 0. The first-order valence-electron chi connectivity index (χ1n) is 5.57. The molecule has 0 aromatic carbocycles. The van der Waals surface area contributed by atoms with Gasteiger partial charge in [-0.05, 0) is 13.3 Å². The van der Waals surface area contributed by atoms with E-state index in [1.54, 1.807) is 6.08 Å². The van der Waals surface area contributed by atoms with E-state index in [0.717, 1.165) is 13.0 Å². The van der Waals surface area contributed by atoms with Gasteiger partial charge in [-0.2, -0.15) is 5.06 Å². The van der Waals surface area contributed by atoms with Crippen molar-refractivity contribution in [2.75, 3.05) is 20.2 Å². The molecule has 1 rings (SSSR count). The van der Waals surface area contributed by atoms with E-state index < -0.39 is 0 Å². The minimum absolute atomic E-state index is 0.341. The Bertz CT molecular complexity index is 238. The van der Waals surface area contributed by atoms with Gasteiger partial charge in [0.15, 0.2) is 0 Å². The van der Waals surface area contributed by atoms with Crippen molar-refractivity contribution in [1.82, 2.24) is 10.4 Å². The van der Waals surface area contributed by atoms with Crippen molar-refractivity contribution in [3.8, 4) is 0 Å². The third-order valence-corrected chi connectivity index (χ3v) is 2.84. The SMILES string of the molecule is C=CCON(C)[C@H]1CN[C@H](CC)C=C1C. The second-order valence-electron chi connectivity index (χ2n) is 3.98. The molecule has 1 aliphatic rings. The highest BCUT2D eigenvalue weighted by atomic mass is 16.7. The normalized spacial score (nSPS) is 26.5. The summed E-state index contributed by atoms with van der Waals surface area (Å²) in [5.41, 5.74) is 1.38. The van der Waals surface area contributed by atoms with Crippen LogP contribution in [0.15, 0.2) is 24.3 Å². The van der Waals surface area contributed by atoms with E-state index in [4.69, 9.17) is 4.84 Å². The van der Waals surface area contributed by atoms with Crippen LogP contribution >= 0.6 is 0 Å². The second-order valence-corrected chi connectivity index (χ2v) is 3.98. The molecule has 0 saturated heterocycles. The van der Waals surface area contributed by atoms with Gasteiger partial charge in [-0.1, -0.05) is 24.6 Å². The van der Waals surface area contributed by atoms with Gasteiger partial charge >= 0.3 is 0 Å². The molecule has 0 bridgehead atoms. The number of rotatable bonds is 5. The molecule has 0 aromatic rings. The molecule has 2 atom stereocenters. The Kier molecular flexibility index (Phi) is 5.02. The molecule has 86 valence electrons. The summed E-state index contributed by atoms with van der Waals surface area (Å²) in [6, 6.07) is 0.863. The van der Waals surface area contributed by atoms with Gasteiger partial charge in [0.1, 0.15) is 0 Å². The first-order valence-corrected chi connectivity index (χ1v) is 5.57. The Hall–Kier alpha value is -0.640. The van der Waals surface area contributed by atoms with Crippen molar-refractivity contribution >= 4 is 0 Å². The van der Waals surface area contributed by atoms with E-state index >= 15 is 0 Å². The third kappa shape index (κ3) is 3.45. The maximum absolute atomic E-state index is 5.50. The molecule has 0 radical (unpaired) electrons. The Morgan fingerprint density at radius 1 is 1.73 bits per heavy atom. The van der Waals surface area contributed by atoms with Gasteiger partial charge in [-0.25, -0.2) is 0 Å². The molecular weight excluding hydrogens is 188 g/mol. The van der Waals surface area contributed by atoms with Gasteiger partial charge in [0.2, 0.25) is 0 Å². The number of nitrogens with one attached hydrogen (secondary N) is 1. The number of hydrogen-bond donors (Lipinski definition) is 1. The molecule has 1 heterocycles. The second kappa shape index (κ2) is 6.05. The highest BCUT2D eigenvalue weighted by Crippen LogP contribution is 2.15. The predicted molar refractivity (Wildman–Crippen MR) is 63.5 cm³/mol. The van der Waals surface area contributed by atoms with Crippen LogP contribution in [0.3, 0.4) is 0 Å². The van der Waals surface area contributed by atoms with Crippen LogP contribution in [0.25, 0.3) is 0 Å². The summed E-state index contributed by atoms with van der Waals surface area (Å²) in [5.74, 6) is 0. The highest BCUT2D eigenvalue weighted by molar-refractivity contribution is 5.15. The molecule has 3 heteroatoms. The van der Waals surface area contributed by atoms with Crippen molar-refractivity contribution in [3.63, 3.8) is 0 Å². The number of likely N-dealkylation sites (N-methyl/N-ethyl adjacent to an activating group) is 1. The summed E-state index contributed by atoms with van der Waals surface area (Å²) in [5, 5.41) is 5.39. The Morgan fingerprint density at radius 3 is 3.00 bits per heavy atom. The van der Waals surface area contributed by atoms with Crippen LogP contribution in [0.5, 0.6) is 0 Å². The van der Waals surface area contributed by atoms with Crippen molar-refractivity contribution in [2.45, 2.75) is 32.4 Å². The van der Waals surface area contributed by atoms with E-state index in [1.807, 2.05) is 12.1 Å². The molecule has 0 spiro atoms. The summed E-state index contributed by atoms with van der Waals surface area (Å²) in [4.78, 5) is 5.50. The summed E-state index contributed by atoms with van der Waals surface area (Å²) in [6.07, 6.45) is 5.20. The lowest BCUT2D eigenvalue weighted by atomic mass is 10.00. The Balaban J connectivity index is 2.52. The highest BCUT2D eigenvalue weighted by Gasteiger charge is 2.22. The van der Waals surface area contributed by atoms with Crippen molar-refractivity contribution in [3.05, 3.63) is 24.3 Å². The molecule has 0 saturated carbocycles. The minimum Gasteiger partial charge on any atom is -0.309 e. The quantitative estimate of drug-likeness (QED) is 0.552. The topological polar surface area (TPSA) is 24.5 Å². The summed E-state index contributed by atoms with van der Waals surface area (Å²) in [7, 11) is 1.97. The van der Waals surface area contributed by atoms with E-state index in [2.05, 4.69) is 31.8 Å². The first kappa shape index (κ1) is 12.4. The van der Waals surface area contributed by atoms with E-state index in [1.165, 1.54) is 5.57 Å². The van der Waals surface area contributed by atoms with Gasteiger partial charge in [0.25, 0.3) is 0 Å². The molecule has 15 heavy (non-hydrogen) atoms. The maximum Gasteiger partial charge on any atom is 0.0864 e. The molecular formula is C12H22N2O. The lowest BCUT2D eigenvalue weighted by Gasteiger charge is -2.33. The van der Waals surface area contributed by atoms with Gasteiger partial charge < -0.3 is 5.32 Å². The molecule has 3 nitrogen and oxygen atoms in total. The smallest absolute Gasteiger partial charge is 0.0864 e. The molecule has 1 aliphatic heterocycles. The van der Waals surface area contributed by atoms with Crippen LogP contribution < -0.4 is 5.32 Å². The van der Waals surface area contributed by atoms with E-state index in [-0.39, 0.29) is 0 Å². The van der Waals surface area contributed by atoms with Crippen molar-refractivity contribution in [2.24, 2.45) is 0 Å². The number of hydroxylamine groups is 2. The van der Waals surface area contributed by atoms with Gasteiger partial charge in [0.05, 0.1) is 12.6 Å². The standard InChI is InChI=1S/C12H22N2O/c1-5-7-15-14(4)12-9-13-11(6-2)8-10(12)3/h5,8,11-13H,1,6-7,9H2,2-4H3/t11-,12+/m1/s1. The fourth-order valence-electron chi connectivity index (χ4n) is 1.85. The predicted octanol–water partition coefficient (Wildman–Crippen LogP) is 1.73. The molecule has 0 unspecified atom stereocenters. The Morgan fingerprint density at radius 2 is 2.47 bits per heavy atom. The molecule has 1 N–H and O–H groups in total. The zero-order chi connectivity index (χ0) is 11.3. The average Bonchev–Trinajstić information content (AvgIpc) is 2.25. The van der Waals surface area contributed by atoms with E-state index in [0.29, 0.717) is 18.7 Å². The molecule has 0 fully saturated rings. The molecule has 0 aliphatic carbocycles. The van der Waals surface area contributed by atoms with Gasteiger partial charge in [0, 0.05) is 19.6 Å². The summed E-state index contributed by atoms with van der Waals surface area (Å²) < 4.78 is 0. The summed E-state index contributed by atoms with van der Waals surface area (Å²) in [6.45, 7) is 9.52. The van der Waals surface area contributed by atoms with Crippen molar-refractivity contribution < 1.29 is 4.84 Å². The fraction of sp³-hybridized carbons (Fsp3) is 0.667. The van der Waals surface area contributed by atoms with Gasteiger partial charge in [-0.15, -0.1) is 6.58 Å². The van der Waals surface area contributed by atoms with Crippen LogP contribution in [-0.2, 0) is 4.84 Å². The first-order chi connectivity index (χ1) is 7.19. The molecule has 0 amide bonds. The maximum atomic E-state index is 5.50. The van der Waals surface area contributed by atoms with Gasteiger partial charge in [-0.3, -0.25) is 4.84 Å². The third-order valence-electron chi connectivity index (χ3n) is 2.84. The fourth-order valence-corrected chi connectivity index (χ4v) is 1.85. The van der Waals surface area contributed by atoms with Crippen LogP contribution in [-0.4, -0.2) is 37.3 Å². The van der Waals surface area contributed by atoms with Crippen LogP contribution in [0.4, 0.5) is 0 Å². The van der Waals surface area contributed by atoms with Crippen molar-refractivity contribution in [1.29, 1.82) is 0 Å². The van der Waals surface area contributed by atoms with E-state index in [9.17, 15) is 0 Å². The lowest BCUT2D eigenvalue weighted by Crippen LogP contribution is -2.47. The zero-order valence-electron chi connectivity index (χ0n) is 9.99. The van der Waals surface area contributed by atoms with Crippen LogP contribution in [0.1, 0.15) is 20.3 Å². The van der Waals surface area contributed by atoms with Crippen LogP contribution in [0, 0.1) is 0 Å². The molecule has 0 aromatic heterocycles. The monoisotopic (exact) mass is 210 g/mol. The van der Waals surface area contributed by atoms with Crippen LogP contribution in [0.2, 0.25) is 0 Å². The number of hydrogen-bond acceptors (Lipinski definition) is 3. The Labute approximate surface area is 92.7 Å².